The van der Waals surface area contributed by atoms with Crippen molar-refractivity contribution in [3.63, 3.8) is 0 Å². The first kappa shape index (κ1) is 26.6. The van der Waals surface area contributed by atoms with Gasteiger partial charge in [-0.15, -0.1) is 5.10 Å². The minimum absolute atomic E-state index is 0.0223. The number of fused-ring (bicyclic) bond motifs is 2. The lowest BCUT2D eigenvalue weighted by molar-refractivity contribution is -0.140. The minimum Gasteiger partial charge on any atom is -0.487 e. The van der Waals surface area contributed by atoms with Crippen molar-refractivity contribution in [2.75, 3.05) is 13.7 Å². The summed E-state index contributed by atoms with van der Waals surface area (Å²) in [6.07, 6.45) is 1.10. The zero-order chi connectivity index (χ0) is 27.7. The fourth-order valence-corrected chi connectivity index (χ4v) is 5.46. The van der Waals surface area contributed by atoms with E-state index in [1.165, 1.54) is 13.2 Å². The van der Waals surface area contributed by atoms with Crippen molar-refractivity contribution >= 4 is 17.0 Å². The van der Waals surface area contributed by atoms with Crippen LogP contribution in [0, 0.1) is 13.8 Å². The normalized spacial score (nSPS) is 16.4. The summed E-state index contributed by atoms with van der Waals surface area (Å²) in [5, 5.41) is 8.54. The number of ether oxygens (including phenoxy) is 2. The molecule has 204 valence electrons. The van der Waals surface area contributed by atoms with E-state index in [0.717, 1.165) is 63.3 Å². The quantitative estimate of drug-likeness (QED) is 0.359. The van der Waals surface area contributed by atoms with Crippen molar-refractivity contribution in [2.45, 2.75) is 58.7 Å². The Morgan fingerprint density at radius 2 is 2.03 bits per heavy atom. The van der Waals surface area contributed by atoms with Crippen LogP contribution in [0.5, 0.6) is 5.75 Å². The van der Waals surface area contributed by atoms with Gasteiger partial charge in [-0.25, -0.2) is 4.68 Å². The lowest BCUT2D eigenvalue weighted by atomic mass is 9.84. The van der Waals surface area contributed by atoms with Gasteiger partial charge in [-0.3, -0.25) is 14.5 Å². The van der Waals surface area contributed by atoms with Crippen LogP contribution in [0.25, 0.3) is 11.0 Å². The van der Waals surface area contributed by atoms with Crippen LogP contribution in [0.2, 0.25) is 0 Å². The molecule has 0 fully saturated rings. The third-order valence-corrected chi connectivity index (χ3v) is 7.77. The molecule has 2 aromatic carbocycles. The second kappa shape index (κ2) is 11.0. The minimum atomic E-state index is -0.267. The van der Waals surface area contributed by atoms with Crippen molar-refractivity contribution in [1.29, 1.82) is 0 Å². The number of carbonyl (C=O) groups excluding carboxylic acids is 1. The van der Waals surface area contributed by atoms with E-state index in [9.17, 15) is 9.59 Å². The number of nitrogens with zero attached hydrogens (tertiary/aromatic N) is 4. The number of methoxy groups -OCH3 is 1. The van der Waals surface area contributed by atoms with E-state index in [4.69, 9.17) is 9.47 Å². The monoisotopic (exact) mass is 529 g/mol. The van der Waals surface area contributed by atoms with Crippen molar-refractivity contribution in [1.82, 2.24) is 24.9 Å². The Morgan fingerprint density at radius 3 is 2.79 bits per heavy atom. The fourth-order valence-electron chi connectivity index (χ4n) is 5.46. The maximum atomic E-state index is 12.6. The highest BCUT2D eigenvalue weighted by Gasteiger charge is 2.26. The van der Waals surface area contributed by atoms with Gasteiger partial charge in [0.15, 0.2) is 0 Å². The summed E-state index contributed by atoms with van der Waals surface area (Å²) in [6, 6.07) is 13.8. The van der Waals surface area contributed by atoms with E-state index in [1.807, 2.05) is 20.0 Å². The van der Waals surface area contributed by atoms with Crippen molar-refractivity contribution < 1.29 is 14.3 Å². The molecule has 0 aliphatic carbocycles. The highest BCUT2D eigenvalue weighted by Crippen LogP contribution is 2.35. The molecule has 1 unspecified atom stereocenters. The third-order valence-electron chi connectivity index (χ3n) is 7.77. The highest BCUT2D eigenvalue weighted by atomic mass is 16.5. The summed E-state index contributed by atoms with van der Waals surface area (Å²) in [7, 11) is 3.30. The molecule has 9 heteroatoms. The Kier molecular flexibility index (Phi) is 7.52. The molecule has 39 heavy (non-hydrogen) atoms. The van der Waals surface area contributed by atoms with Crippen molar-refractivity contribution in [2.24, 2.45) is 7.05 Å². The first-order chi connectivity index (χ1) is 18.8. The molecule has 1 N–H and O–H groups in total. The summed E-state index contributed by atoms with van der Waals surface area (Å²) < 4.78 is 13.1. The van der Waals surface area contributed by atoms with Crippen LogP contribution in [-0.2, 0) is 29.7 Å². The van der Waals surface area contributed by atoms with Gasteiger partial charge in [0.2, 0.25) is 5.56 Å². The van der Waals surface area contributed by atoms with Gasteiger partial charge in [0.05, 0.1) is 24.7 Å². The Hall–Kier alpha value is -3.98. The zero-order valence-electron chi connectivity index (χ0n) is 23.2. The van der Waals surface area contributed by atoms with E-state index in [2.05, 4.69) is 58.3 Å². The molecular weight excluding hydrogens is 494 g/mol. The lowest BCUT2D eigenvalue weighted by Crippen LogP contribution is -2.32. The number of esters is 1. The standard InChI is InChI=1S/C30H35N5O4/c1-6-22-16-35(17-25-27(39-22)11-12-28(36)31-25)15-21-13-20(8-7-18(21)2)24(14-29(37)38-5)23-9-10-26-30(19(23)3)32-33-34(26)4/h7-13,22,24H,6,14-17H2,1-5H3,(H,31,36)/t22-,24?/m1/s1. The SMILES string of the molecule is CC[C@@H]1CN(Cc2cc(C(CC(=O)OC)c3ccc4c(nnn4C)c3C)ccc2C)Cc2[nH]c(=O)ccc2O1. The molecule has 1 aliphatic rings. The maximum absolute atomic E-state index is 12.6. The van der Waals surface area contributed by atoms with Gasteiger partial charge in [0.1, 0.15) is 17.4 Å². The number of benzene rings is 2. The second-order valence-electron chi connectivity index (χ2n) is 10.4. The van der Waals surface area contributed by atoms with Gasteiger partial charge < -0.3 is 14.5 Å². The molecule has 0 bridgehead atoms. The molecule has 1 aliphatic heterocycles. The molecule has 0 amide bonds. The smallest absolute Gasteiger partial charge is 0.306 e. The number of aryl methyl sites for hydroxylation is 3. The molecule has 0 saturated heterocycles. The number of hydrogen-bond acceptors (Lipinski definition) is 7. The van der Waals surface area contributed by atoms with Crippen LogP contribution in [-0.4, -0.2) is 50.6 Å². The maximum Gasteiger partial charge on any atom is 0.306 e. The molecule has 5 rings (SSSR count). The third kappa shape index (κ3) is 5.45. The Morgan fingerprint density at radius 1 is 1.21 bits per heavy atom. The first-order valence-electron chi connectivity index (χ1n) is 13.3. The predicted octanol–water partition coefficient (Wildman–Crippen LogP) is 4.14. The molecule has 0 spiro atoms. The highest BCUT2D eigenvalue weighted by molar-refractivity contribution is 5.80. The van der Waals surface area contributed by atoms with Gasteiger partial charge in [-0.05, 0) is 60.2 Å². The fraction of sp³-hybridized carbons (Fsp3) is 0.400. The van der Waals surface area contributed by atoms with Gasteiger partial charge in [-0.1, -0.05) is 36.4 Å². The summed E-state index contributed by atoms with van der Waals surface area (Å²) in [4.78, 5) is 29.9. The van der Waals surface area contributed by atoms with Crippen molar-refractivity contribution in [3.05, 3.63) is 86.3 Å². The van der Waals surface area contributed by atoms with Crippen LogP contribution < -0.4 is 10.3 Å². The van der Waals surface area contributed by atoms with Crippen LogP contribution in [0.15, 0.2) is 47.3 Å². The van der Waals surface area contributed by atoms with E-state index in [-0.39, 0.29) is 30.0 Å². The Bertz CT molecular complexity index is 1570. The summed E-state index contributed by atoms with van der Waals surface area (Å²) in [6.45, 7) is 8.26. The number of rotatable bonds is 7. The lowest BCUT2D eigenvalue weighted by Gasteiger charge is -2.25. The largest absolute Gasteiger partial charge is 0.487 e. The molecule has 0 saturated carbocycles. The van der Waals surface area contributed by atoms with Crippen LogP contribution in [0.4, 0.5) is 0 Å². The van der Waals surface area contributed by atoms with Crippen molar-refractivity contribution in [3.8, 4) is 5.75 Å². The molecule has 4 aromatic rings. The first-order valence-corrected chi connectivity index (χ1v) is 13.3. The number of aromatic amines is 1. The van der Waals surface area contributed by atoms with Gasteiger partial charge in [0, 0.05) is 38.7 Å². The number of aromatic nitrogens is 4. The van der Waals surface area contributed by atoms with Crippen LogP contribution >= 0.6 is 0 Å². The average molecular weight is 530 g/mol. The molecule has 2 aromatic heterocycles. The molecule has 3 heterocycles. The number of pyridine rings is 1. The number of H-pyrrole nitrogens is 1. The van der Waals surface area contributed by atoms with Gasteiger partial charge in [0.25, 0.3) is 0 Å². The predicted molar refractivity (Wildman–Crippen MR) is 149 cm³/mol. The summed E-state index contributed by atoms with van der Waals surface area (Å²) in [5.41, 5.74) is 7.85. The Balaban J connectivity index is 1.51. The summed E-state index contributed by atoms with van der Waals surface area (Å²) >= 11 is 0. The second-order valence-corrected chi connectivity index (χ2v) is 10.4. The topological polar surface area (TPSA) is 102 Å². The average Bonchev–Trinajstić information content (AvgIpc) is 3.21. The molecule has 9 nitrogen and oxygen atoms in total. The molecule has 0 radical (unpaired) electrons. The molecular formula is C30H35N5O4. The van der Waals surface area contributed by atoms with Gasteiger partial charge >= 0.3 is 5.97 Å². The zero-order valence-corrected chi connectivity index (χ0v) is 23.2. The van der Waals surface area contributed by atoms with E-state index >= 15 is 0 Å². The number of hydrogen-bond donors (Lipinski definition) is 1. The van der Waals surface area contributed by atoms with E-state index < -0.39 is 0 Å². The number of nitrogens with one attached hydrogen (secondary N) is 1. The molecule has 2 atom stereocenters. The van der Waals surface area contributed by atoms with Gasteiger partial charge in [-0.2, -0.15) is 0 Å². The van der Waals surface area contributed by atoms with Crippen LogP contribution in [0.3, 0.4) is 0 Å². The van der Waals surface area contributed by atoms with E-state index in [1.54, 1.807) is 10.7 Å². The summed E-state index contributed by atoms with van der Waals surface area (Å²) in [5.74, 6) is 0.273. The Labute approximate surface area is 227 Å². The van der Waals surface area contributed by atoms with Crippen LogP contribution in [0.1, 0.15) is 59.2 Å². The van der Waals surface area contributed by atoms with E-state index in [0.29, 0.717) is 13.1 Å². The number of carbonyl (C=O) groups is 1.